The van der Waals surface area contributed by atoms with Crippen LogP contribution in [-0.4, -0.2) is 61.1 Å². The first-order chi connectivity index (χ1) is 10.3. The molecule has 1 aliphatic rings. The SMILES string of the molecule is CCSc1ccc(NC(=O)NCCN2CCOCC2)cn1. The number of carbonyl (C=O) groups is 1. The van der Waals surface area contributed by atoms with Gasteiger partial charge in [-0.05, 0) is 17.9 Å². The van der Waals surface area contributed by atoms with E-state index in [0.717, 1.165) is 43.6 Å². The van der Waals surface area contributed by atoms with Crippen molar-refractivity contribution in [2.24, 2.45) is 0 Å². The van der Waals surface area contributed by atoms with E-state index in [-0.39, 0.29) is 6.03 Å². The van der Waals surface area contributed by atoms with Gasteiger partial charge in [-0.3, -0.25) is 4.90 Å². The van der Waals surface area contributed by atoms with E-state index < -0.39 is 0 Å². The van der Waals surface area contributed by atoms with E-state index in [0.29, 0.717) is 12.2 Å². The number of anilines is 1. The first-order valence-corrected chi connectivity index (χ1v) is 8.20. The minimum Gasteiger partial charge on any atom is -0.379 e. The van der Waals surface area contributed by atoms with Crippen LogP contribution in [0.15, 0.2) is 23.4 Å². The van der Waals surface area contributed by atoms with Crippen molar-refractivity contribution in [1.29, 1.82) is 0 Å². The second-order valence-electron chi connectivity index (χ2n) is 4.65. The predicted molar refractivity (Wildman–Crippen MR) is 84.9 cm³/mol. The lowest BCUT2D eigenvalue weighted by atomic mass is 10.4. The largest absolute Gasteiger partial charge is 0.379 e. The van der Waals surface area contributed by atoms with Crippen LogP contribution in [0.3, 0.4) is 0 Å². The van der Waals surface area contributed by atoms with Gasteiger partial charge in [0.05, 0.1) is 30.1 Å². The highest BCUT2D eigenvalue weighted by molar-refractivity contribution is 7.99. The van der Waals surface area contributed by atoms with Gasteiger partial charge in [-0.2, -0.15) is 0 Å². The molecule has 0 radical (unpaired) electrons. The molecule has 1 aromatic rings. The number of pyridine rings is 1. The van der Waals surface area contributed by atoms with E-state index in [1.54, 1.807) is 18.0 Å². The maximum absolute atomic E-state index is 11.8. The quantitative estimate of drug-likeness (QED) is 0.782. The van der Waals surface area contributed by atoms with Crippen LogP contribution in [0.2, 0.25) is 0 Å². The second-order valence-corrected chi connectivity index (χ2v) is 5.94. The summed E-state index contributed by atoms with van der Waals surface area (Å²) in [7, 11) is 0. The Morgan fingerprint density at radius 1 is 1.43 bits per heavy atom. The smallest absolute Gasteiger partial charge is 0.319 e. The van der Waals surface area contributed by atoms with Gasteiger partial charge in [0.1, 0.15) is 0 Å². The second kappa shape index (κ2) is 8.86. The maximum Gasteiger partial charge on any atom is 0.319 e. The molecule has 2 heterocycles. The number of nitrogens with zero attached hydrogens (tertiary/aromatic N) is 2. The number of morpholine rings is 1. The van der Waals surface area contributed by atoms with Crippen molar-refractivity contribution in [3.05, 3.63) is 18.3 Å². The summed E-state index contributed by atoms with van der Waals surface area (Å²) in [5.41, 5.74) is 0.708. The molecule has 1 aliphatic heterocycles. The monoisotopic (exact) mass is 310 g/mol. The van der Waals surface area contributed by atoms with Crippen LogP contribution in [0.25, 0.3) is 0 Å². The number of urea groups is 1. The van der Waals surface area contributed by atoms with Crippen LogP contribution in [0, 0.1) is 0 Å². The molecule has 0 bridgehead atoms. The molecule has 1 saturated heterocycles. The van der Waals surface area contributed by atoms with Gasteiger partial charge >= 0.3 is 6.03 Å². The molecule has 2 amide bonds. The molecule has 0 atom stereocenters. The number of ether oxygens (including phenoxy) is 1. The lowest BCUT2D eigenvalue weighted by Crippen LogP contribution is -2.42. The number of hydrogen-bond donors (Lipinski definition) is 2. The van der Waals surface area contributed by atoms with Gasteiger partial charge in [-0.15, -0.1) is 11.8 Å². The Morgan fingerprint density at radius 2 is 2.24 bits per heavy atom. The summed E-state index contributed by atoms with van der Waals surface area (Å²) >= 11 is 1.68. The molecule has 0 aliphatic carbocycles. The highest BCUT2D eigenvalue weighted by Gasteiger charge is 2.10. The van der Waals surface area contributed by atoms with Gasteiger partial charge in [0, 0.05) is 26.2 Å². The predicted octanol–water partition coefficient (Wildman–Crippen LogP) is 1.65. The molecule has 116 valence electrons. The fraction of sp³-hybridized carbons (Fsp3) is 0.571. The molecule has 7 heteroatoms. The lowest BCUT2D eigenvalue weighted by molar-refractivity contribution is 0.0388. The molecule has 1 aromatic heterocycles. The zero-order chi connectivity index (χ0) is 14.9. The fourth-order valence-corrected chi connectivity index (χ4v) is 2.60. The van der Waals surface area contributed by atoms with E-state index in [4.69, 9.17) is 4.74 Å². The zero-order valence-electron chi connectivity index (χ0n) is 12.3. The van der Waals surface area contributed by atoms with Crippen molar-refractivity contribution in [3.8, 4) is 0 Å². The average Bonchev–Trinajstić information content (AvgIpc) is 2.51. The topological polar surface area (TPSA) is 66.5 Å². The number of aromatic nitrogens is 1. The Hall–Kier alpha value is -1.31. The third-order valence-corrected chi connectivity index (χ3v) is 3.93. The van der Waals surface area contributed by atoms with Crippen LogP contribution >= 0.6 is 11.8 Å². The van der Waals surface area contributed by atoms with Crippen molar-refractivity contribution in [2.45, 2.75) is 11.9 Å². The van der Waals surface area contributed by atoms with Gasteiger partial charge < -0.3 is 15.4 Å². The number of thioether (sulfide) groups is 1. The summed E-state index contributed by atoms with van der Waals surface area (Å²) in [5.74, 6) is 0.988. The van der Waals surface area contributed by atoms with E-state index in [1.165, 1.54) is 0 Å². The van der Waals surface area contributed by atoms with Crippen molar-refractivity contribution in [3.63, 3.8) is 0 Å². The van der Waals surface area contributed by atoms with Gasteiger partial charge in [-0.25, -0.2) is 9.78 Å². The number of hydrogen-bond acceptors (Lipinski definition) is 5. The van der Waals surface area contributed by atoms with Crippen LogP contribution in [0.1, 0.15) is 6.92 Å². The Kier molecular flexibility index (Phi) is 6.78. The summed E-state index contributed by atoms with van der Waals surface area (Å²) in [6.07, 6.45) is 1.68. The summed E-state index contributed by atoms with van der Waals surface area (Å²) in [6.45, 7) is 6.98. The molecule has 1 fully saturated rings. The van der Waals surface area contributed by atoms with E-state index in [9.17, 15) is 4.79 Å². The Balaban J connectivity index is 1.66. The number of amides is 2. The lowest BCUT2D eigenvalue weighted by Gasteiger charge is -2.26. The Morgan fingerprint density at radius 3 is 2.90 bits per heavy atom. The van der Waals surface area contributed by atoms with E-state index >= 15 is 0 Å². The normalized spacial score (nSPS) is 15.7. The minimum atomic E-state index is -0.194. The highest BCUT2D eigenvalue weighted by atomic mass is 32.2. The summed E-state index contributed by atoms with van der Waals surface area (Å²) in [4.78, 5) is 18.3. The molecular weight excluding hydrogens is 288 g/mol. The van der Waals surface area contributed by atoms with Crippen LogP contribution in [-0.2, 0) is 4.74 Å². The number of nitrogens with one attached hydrogen (secondary N) is 2. The maximum atomic E-state index is 11.8. The van der Waals surface area contributed by atoms with Gasteiger partial charge in [-0.1, -0.05) is 6.92 Å². The molecule has 2 rings (SSSR count). The molecule has 2 N–H and O–H groups in total. The Bertz CT molecular complexity index is 435. The van der Waals surface area contributed by atoms with Crippen LogP contribution < -0.4 is 10.6 Å². The molecule has 6 nitrogen and oxygen atoms in total. The summed E-state index contributed by atoms with van der Waals surface area (Å²) < 4.78 is 5.28. The van der Waals surface area contributed by atoms with Crippen molar-refractivity contribution in [1.82, 2.24) is 15.2 Å². The first-order valence-electron chi connectivity index (χ1n) is 7.21. The molecular formula is C14H22N4O2S. The van der Waals surface area contributed by atoms with Gasteiger partial charge in [0.25, 0.3) is 0 Å². The van der Waals surface area contributed by atoms with E-state index in [2.05, 4.69) is 27.4 Å². The van der Waals surface area contributed by atoms with Crippen molar-refractivity contribution in [2.75, 3.05) is 50.5 Å². The van der Waals surface area contributed by atoms with Crippen LogP contribution in [0.5, 0.6) is 0 Å². The van der Waals surface area contributed by atoms with Gasteiger partial charge in [0.15, 0.2) is 0 Å². The molecule has 21 heavy (non-hydrogen) atoms. The average molecular weight is 310 g/mol. The minimum absolute atomic E-state index is 0.194. The third-order valence-electron chi connectivity index (χ3n) is 3.10. The van der Waals surface area contributed by atoms with E-state index in [1.807, 2.05) is 12.1 Å². The number of rotatable bonds is 6. The summed E-state index contributed by atoms with van der Waals surface area (Å²) in [6, 6.07) is 3.59. The molecule has 0 unspecified atom stereocenters. The Labute approximate surface area is 129 Å². The third kappa shape index (κ3) is 5.91. The number of carbonyl (C=O) groups excluding carboxylic acids is 1. The molecule has 0 aromatic carbocycles. The summed E-state index contributed by atoms with van der Waals surface area (Å²) in [5, 5.41) is 6.60. The fourth-order valence-electron chi connectivity index (χ4n) is 2.02. The molecule has 0 spiro atoms. The van der Waals surface area contributed by atoms with Gasteiger partial charge in [0.2, 0.25) is 0 Å². The first kappa shape index (κ1) is 16.1. The molecule has 0 saturated carbocycles. The van der Waals surface area contributed by atoms with Crippen molar-refractivity contribution < 1.29 is 9.53 Å². The standard InChI is InChI=1S/C14H22N4O2S/c1-2-21-13-4-3-12(11-16-13)17-14(19)15-5-6-18-7-9-20-10-8-18/h3-4,11H,2,5-10H2,1H3,(H2,15,17,19). The zero-order valence-corrected chi connectivity index (χ0v) is 13.1. The highest BCUT2D eigenvalue weighted by Crippen LogP contribution is 2.16. The van der Waals surface area contributed by atoms with Crippen LogP contribution in [0.4, 0.5) is 10.5 Å². The van der Waals surface area contributed by atoms with Crippen molar-refractivity contribution >= 4 is 23.5 Å².